The molecule has 0 bridgehead atoms. The lowest BCUT2D eigenvalue weighted by atomic mass is 10.2. The summed E-state index contributed by atoms with van der Waals surface area (Å²) in [6.45, 7) is 0.888. The third-order valence-electron chi connectivity index (χ3n) is 1.74. The molecule has 1 N–H and O–H groups in total. The number of nitriles is 1. The van der Waals surface area contributed by atoms with Gasteiger partial charge in [0.1, 0.15) is 5.82 Å². The first-order valence-corrected chi connectivity index (χ1v) is 4.43. The maximum absolute atomic E-state index is 8.30. The second kappa shape index (κ2) is 5.20. The van der Waals surface area contributed by atoms with Gasteiger partial charge >= 0.3 is 0 Å². The highest BCUT2D eigenvalue weighted by Gasteiger charge is 1.93. The van der Waals surface area contributed by atoms with Crippen LogP contribution in [-0.2, 0) is 7.05 Å². The van der Waals surface area contributed by atoms with E-state index in [4.69, 9.17) is 5.26 Å². The first kappa shape index (κ1) is 9.59. The Morgan fingerprint density at radius 2 is 2.46 bits per heavy atom. The lowest BCUT2D eigenvalue weighted by Crippen LogP contribution is -2.02. The Bertz CT molecular complexity index is 284. The summed E-state index contributed by atoms with van der Waals surface area (Å²) in [5.41, 5.74) is 0. The van der Waals surface area contributed by atoms with Crippen LogP contribution in [-0.4, -0.2) is 16.3 Å². The molecule has 0 radical (unpaired) electrons. The summed E-state index contributed by atoms with van der Waals surface area (Å²) < 4.78 is 1.76. The summed E-state index contributed by atoms with van der Waals surface area (Å²) in [4.78, 5) is 0. The monoisotopic (exact) mass is 178 g/mol. The first-order chi connectivity index (χ1) is 6.33. The zero-order valence-electron chi connectivity index (χ0n) is 7.82. The van der Waals surface area contributed by atoms with E-state index < -0.39 is 0 Å². The van der Waals surface area contributed by atoms with Crippen molar-refractivity contribution in [3.05, 3.63) is 12.3 Å². The van der Waals surface area contributed by atoms with Crippen molar-refractivity contribution in [3.63, 3.8) is 0 Å². The van der Waals surface area contributed by atoms with Crippen molar-refractivity contribution >= 4 is 5.82 Å². The fraction of sp³-hybridized carbons (Fsp3) is 0.556. The Balaban J connectivity index is 2.10. The molecule has 70 valence electrons. The van der Waals surface area contributed by atoms with Crippen LogP contribution in [0, 0.1) is 11.3 Å². The molecule has 1 aromatic rings. The van der Waals surface area contributed by atoms with E-state index in [9.17, 15) is 0 Å². The van der Waals surface area contributed by atoms with E-state index >= 15 is 0 Å². The quantitative estimate of drug-likeness (QED) is 0.695. The average molecular weight is 178 g/mol. The van der Waals surface area contributed by atoms with Crippen molar-refractivity contribution < 1.29 is 0 Å². The average Bonchev–Trinajstić information content (AvgIpc) is 2.51. The predicted octanol–water partition coefficient (Wildman–Crippen LogP) is 1.53. The third-order valence-corrected chi connectivity index (χ3v) is 1.74. The van der Waals surface area contributed by atoms with Gasteiger partial charge < -0.3 is 5.32 Å². The summed E-state index contributed by atoms with van der Waals surface area (Å²) in [6, 6.07) is 4.06. The largest absolute Gasteiger partial charge is 0.369 e. The SMILES string of the molecule is Cn1ccc(NCCCCC#N)n1. The molecule has 0 amide bonds. The van der Waals surface area contributed by atoms with Gasteiger partial charge in [0.15, 0.2) is 0 Å². The standard InChI is InChI=1S/C9H14N4/c1-13-8-5-9(12-13)11-7-4-2-3-6-10/h5,8H,2-4,7H2,1H3,(H,11,12). The summed E-state index contributed by atoms with van der Waals surface area (Å²) in [5.74, 6) is 0.902. The molecular weight excluding hydrogens is 164 g/mol. The van der Waals surface area contributed by atoms with Gasteiger partial charge in [0.2, 0.25) is 0 Å². The predicted molar refractivity (Wildman–Crippen MR) is 51.2 cm³/mol. The lowest BCUT2D eigenvalue weighted by molar-refractivity contribution is 0.755. The van der Waals surface area contributed by atoms with Gasteiger partial charge in [0, 0.05) is 32.3 Å². The van der Waals surface area contributed by atoms with Crippen LogP contribution in [0.5, 0.6) is 0 Å². The van der Waals surface area contributed by atoms with Gasteiger partial charge in [-0.05, 0) is 12.8 Å². The minimum absolute atomic E-state index is 0.643. The molecule has 0 aliphatic heterocycles. The van der Waals surface area contributed by atoms with Crippen LogP contribution < -0.4 is 5.32 Å². The van der Waals surface area contributed by atoms with E-state index in [2.05, 4.69) is 16.5 Å². The maximum Gasteiger partial charge on any atom is 0.147 e. The molecule has 0 atom stereocenters. The molecule has 0 aromatic carbocycles. The Labute approximate surface area is 78.2 Å². The number of nitrogens with one attached hydrogen (secondary N) is 1. The van der Waals surface area contributed by atoms with E-state index in [1.54, 1.807) is 4.68 Å². The van der Waals surface area contributed by atoms with Gasteiger partial charge in [0.05, 0.1) is 6.07 Å². The molecule has 0 saturated heterocycles. The van der Waals surface area contributed by atoms with E-state index in [-0.39, 0.29) is 0 Å². The molecule has 0 unspecified atom stereocenters. The number of rotatable bonds is 5. The van der Waals surface area contributed by atoms with Crippen LogP contribution in [0.4, 0.5) is 5.82 Å². The smallest absolute Gasteiger partial charge is 0.147 e. The highest BCUT2D eigenvalue weighted by Crippen LogP contribution is 2.01. The number of aryl methyl sites for hydroxylation is 1. The lowest BCUT2D eigenvalue weighted by Gasteiger charge is -1.99. The third kappa shape index (κ3) is 3.61. The van der Waals surface area contributed by atoms with E-state index in [0.717, 1.165) is 25.2 Å². The number of anilines is 1. The Morgan fingerprint density at radius 3 is 3.08 bits per heavy atom. The minimum Gasteiger partial charge on any atom is -0.369 e. The highest BCUT2D eigenvalue weighted by molar-refractivity contribution is 5.31. The summed E-state index contributed by atoms with van der Waals surface area (Å²) in [5, 5.41) is 15.7. The first-order valence-electron chi connectivity index (χ1n) is 4.43. The van der Waals surface area contributed by atoms with Gasteiger partial charge in [0.25, 0.3) is 0 Å². The molecule has 0 aliphatic rings. The minimum atomic E-state index is 0.643. The van der Waals surface area contributed by atoms with Crippen molar-refractivity contribution in [2.45, 2.75) is 19.3 Å². The molecule has 0 fully saturated rings. The van der Waals surface area contributed by atoms with Gasteiger partial charge in [-0.1, -0.05) is 0 Å². The van der Waals surface area contributed by atoms with E-state index in [1.165, 1.54) is 0 Å². The molecule has 4 heteroatoms. The van der Waals surface area contributed by atoms with Crippen molar-refractivity contribution in [1.29, 1.82) is 5.26 Å². The van der Waals surface area contributed by atoms with Crippen LogP contribution in [0.3, 0.4) is 0 Å². The van der Waals surface area contributed by atoms with Crippen molar-refractivity contribution in [2.24, 2.45) is 7.05 Å². The van der Waals surface area contributed by atoms with Crippen LogP contribution in [0.25, 0.3) is 0 Å². The topological polar surface area (TPSA) is 53.6 Å². The van der Waals surface area contributed by atoms with Crippen LogP contribution in [0.2, 0.25) is 0 Å². The van der Waals surface area contributed by atoms with Gasteiger partial charge in [-0.3, -0.25) is 4.68 Å². The van der Waals surface area contributed by atoms with Crippen LogP contribution in [0.1, 0.15) is 19.3 Å². The van der Waals surface area contributed by atoms with Crippen LogP contribution in [0.15, 0.2) is 12.3 Å². The summed E-state index contributed by atoms with van der Waals surface area (Å²) in [6.07, 6.45) is 4.52. The molecule has 1 aromatic heterocycles. The summed E-state index contributed by atoms with van der Waals surface area (Å²) in [7, 11) is 1.89. The maximum atomic E-state index is 8.30. The Morgan fingerprint density at radius 1 is 1.62 bits per heavy atom. The molecule has 0 spiro atoms. The van der Waals surface area contributed by atoms with Gasteiger partial charge in [-0.15, -0.1) is 0 Å². The normalized spacial score (nSPS) is 9.54. The molecular formula is C9H14N4. The van der Waals surface area contributed by atoms with E-state index in [0.29, 0.717) is 6.42 Å². The van der Waals surface area contributed by atoms with E-state index in [1.807, 2.05) is 19.3 Å². The van der Waals surface area contributed by atoms with Crippen molar-refractivity contribution in [3.8, 4) is 6.07 Å². The Hall–Kier alpha value is -1.50. The number of nitrogens with zero attached hydrogens (tertiary/aromatic N) is 3. The van der Waals surface area contributed by atoms with Gasteiger partial charge in [-0.25, -0.2) is 0 Å². The zero-order valence-corrected chi connectivity index (χ0v) is 7.82. The molecule has 4 nitrogen and oxygen atoms in total. The molecule has 0 aliphatic carbocycles. The highest BCUT2D eigenvalue weighted by atomic mass is 15.3. The van der Waals surface area contributed by atoms with Gasteiger partial charge in [-0.2, -0.15) is 10.4 Å². The summed E-state index contributed by atoms with van der Waals surface area (Å²) >= 11 is 0. The van der Waals surface area contributed by atoms with Crippen molar-refractivity contribution in [2.75, 3.05) is 11.9 Å². The Kier molecular flexibility index (Phi) is 3.83. The number of unbranched alkanes of at least 4 members (excludes halogenated alkanes) is 2. The number of hydrogen-bond donors (Lipinski definition) is 1. The number of hydrogen-bond acceptors (Lipinski definition) is 3. The fourth-order valence-corrected chi connectivity index (χ4v) is 1.05. The van der Waals surface area contributed by atoms with Crippen LogP contribution >= 0.6 is 0 Å². The fourth-order valence-electron chi connectivity index (χ4n) is 1.05. The second-order valence-corrected chi connectivity index (χ2v) is 2.92. The number of aromatic nitrogens is 2. The zero-order chi connectivity index (χ0) is 9.52. The molecule has 0 saturated carbocycles. The molecule has 1 heterocycles. The van der Waals surface area contributed by atoms with Crippen molar-refractivity contribution in [1.82, 2.24) is 9.78 Å². The second-order valence-electron chi connectivity index (χ2n) is 2.92. The molecule has 1 rings (SSSR count). The molecule has 13 heavy (non-hydrogen) atoms.